The highest BCUT2D eigenvalue weighted by molar-refractivity contribution is 8.00. The SMILES string of the molecule is O=C1CSC(c2ccc3c(c2)OCCO3)N1Cc1ccc(F)cc1. The average molecular weight is 345 g/mol. The molecule has 1 fully saturated rings. The van der Waals surface area contributed by atoms with Gasteiger partial charge in [-0.15, -0.1) is 11.8 Å². The van der Waals surface area contributed by atoms with Crippen LogP contribution in [0.25, 0.3) is 0 Å². The number of fused-ring (bicyclic) bond motifs is 1. The van der Waals surface area contributed by atoms with Crippen molar-refractivity contribution in [1.29, 1.82) is 0 Å². The number of rotatable bonds is 3. The molecule has 0 bridgehead atoms. The van der Waals surface area contributed by atoms with E-state index in [0.29, 0.717) is 25.5 Å². The van der Waals surface area contributed by atoms with Crippen LogP contribution in [0.1, 0.15) is 16.5 Å². The molecule has 4 rings (SSSR count). The number of ether oxygens (including phenoxy) is 2. The summed E-state index contributed by atoms with van der Waals surface area (Å²) in [5.41, 5.74) is 1.92. The van der Waals surface area contributed by atoms with E-state index in [1.807, 2.05) is 23.1 Å². The summed E-state index contributed by atoms with van der Waals surface area (Å²) in [5, 5.41) is -0.0709. The molecule has 2 aliphatic rings. The number of hydrogen-bond donors (Lipinski definition) is 0. The van der Waals surface area contributed by atoms with Crippen molar-refractivity contribution in [2.75, 3.05) is 19.0 Å². The van der Waals surface area contributed by atoms with E-state index in [4.69, 9.17) is 9.47 Å². The van der Waals surface area contributed by atoms with Gasteiger partial charge < -0.3 is 14.4 Å². The Morgan fingerprint density at radius 3 is 2.62 bits per heavy atom. The Kier molecular flexibility index (Phi) is 4.06. The smallest absolute Gasteiger partial charge is 0.234 e. The Balaban J connectivity index is 1.59. The van der Waals surface area contributed by atoms with E-state index >= 15 is 0 Å². The molecule has 2 aromatic rings. The summed E-state index contributed by atoms with van der Waals surface area (Å²) >= 11 is 1.59. The summed E-state index contributed by atoms with van der Waals surface area (Å²) in [5.74, 6) is 1.72. The zero-order valence-corrected chi connectivity index (χ0v) is 13.7. The second kappa shape index (κ2) is 6.36. The molecule has 0 N–H and O–H groups in total. The van der Waals surface area contributed by atoms with Crippen LogP contribution in [0.4, 0.5) is 4.39 Å². The van der Waals surface area contributed by atoms with Crippen LogP contribution in [-0.4, -0.2) is 29.8 Å². The van der Waals surface area contributed by atoms with Crippen LogP contribution >= 0.6 is 11.8 Å². The number of thioether (sulfide) groups is 1. The lowest BCUT2D eigenvalue weighted by atomic mass is 10.1. The van der Waals surface area contributed by atoms with Crippen LogP contribution < -0.4 is 9.47 Å². The summed E-state index contributed by atoms with van der Waals surface area (Å²) in [7, 11) is 0. The number of nitrogens with zero attached hydrogens (tertiary/aromatic N) is 1. The second-order valence-electron chi connectivity index (χ2n) is 5.71. The van der Waals surface area contributed by atoms with Crippen molar-refractivity contribution >= 4 is 17.7 Å². The lowest BCUT2D eigenvalue weighted by molar-refractivity contribution is -0.128. The van der Waals surface area contributed by atoms with Crippen molar-refractivity contribution in [3.05, 3.63) is 59.4 Å². The first kappa shape index (κ1) is 15.3. The van der Waals surface area contributed by atoms with Gasteiger partial charge in [0.25, 0.3) is 0 Å². The molecular formula is C18H16FNO3S. The molecule has 0 spiro atoms. The highest BCUT2D eigenvalue weighted by atomic mass is 32.2. The lowest BCUT2D eigenvalue weighted by Gasteiger charge is -2.26. The minimum atomic E-state index is -0.274. The highest BCUT2D eigenvalue weighted by Gasteiger charge is 2.33. The Labute approximate surface area is 143 Å². The van der Waals surface area contributed by atoms with E-state index in [1.54, 1.807) is 23.9 Å². The molecule has 0 aromatic heterocycles. The molecule has 2 aromatic carbocycles. The van der Waals surface area contributed by atoms with E-state index in [1.165, 1.54) is 12.1 Å². The van der Waals surface area contributed by atoms with Crippen LogP contribution in [0.2, 0.25) is 0 Å². The van der Waals surface area contributed by atoms with E-state index in [9.17, 15) is 9.18 Å². The van der Waals surface area contributed by atoms with Gasteiger partial charge in [0.05, 0.1) is 5.75 Å². The molecule has 2 aliphatic heterocycles. The van der Waals surface area contributed by atoms with Crippen molar-refractivity contribution in [2.45, 2.75) is 11.9 Å². The fraction of sp³-hybridized carbons (Fsp3) is 0.278. The van der Waals surface area contributed by atoms with Crippen LogP contribution in [0.15, 0.2) is 42.5 Å². The zero-order chi connectivity index (χ0) is 16.5. The molecule has 1 saturated heterocycles. The molecule has 1 atom stereocenters. The van der Waals surface area contributed by atoms with E-state index in [2.05, 4.69) is 0 Å². The zero-order valence-electron chi connectivity index (χ0n) is 12.9. The van der Waals surface area contributed by atoms with Gasteiger partial charge in [-0.2, -0.15) is 0 Å². The van der Waals surface area contributed by atoms with Crippen LogP contribution in [0.5, 0.6) is 11.5 Å². The topological polar surface area (TPSA) is 38.8 Å². The Morgan fingerprint density at radius 2 is 1.83 bits per heavy atom. The fourth-order valence-corrected chi connectivity index (χ4v) is 4.08. The normalized spacial score (nSPS) is 19.6. The number of hydrogen-bond acceptors (Lipinski definition) is 4. The number of halogens is 1. The predicted molar refractivity (Wildman–Crippen MR) is 89.6 cm³/mol. The molecule has 124 valence electrons. The van der Waals surface area contributed by atoms with Gasteiger partial charge in [0.15, 0.2) is 11.5 Å². The monoisotopic (exact) mass is 345 g/mol. The van der Waals surface area contributed by atoms with E-state index < -0.39 is 0 Å². The van der Waals surface area contributed by atoms with Crippen LogP contribution in [-0.2, 0) is 11.3 Å². The Morgan fingerprint density at radius 1 is 1.08 bits per heavy atom. The van der Waals surface area contributed by atoms with Gasteiger partial charge in [-0.3, -0.25) is 4.79 Å². The summed E-state index contributed by atoms with van der Waals surface area (Å²) in [6.07, 6.45) is 0. The third-order valence-electron chi connectivity index (χ3n) is 4.09. The van der Waals surface area contributed by atoms with E-state index in [0.717, 1.165) is 22.6 Å². The van der Waals surface area contributed by atoms with Gasteiger partial charge in [0, 0.05) is 6.54 Å². The molecule has 2 heterocycles. The van der Waals surface area contributed by atoms with Crippen molar-refractivity contribution in [3.63, 3.8) is 0 Å². The first-order valence-corrected chi connectivity index (χ1v) is 8.81. The van der Waals surface area contributed by atoms with Gasteiger partial charge in [-0.05, 0) is 35.4 Å². The number of amides is 1. The molecule has 0 radical (unpaired) electrons. The maximum absolute atomic E-state index is 13.1. The molecule has 1 amide bonds. The number of carbonyl (C=O) groups is 1. The van der Waals surface area contributed by atoms with Crippen molar-refractivity contribution in [1.82, 2.24) is 4.90 Å². The number of carbonyl (C=O) groups excluding carboxylic acids is 1. The molecule has 24 heavy (non-hydrogen) atoms. The van der Waals surface area contributed by atoms with E-state index in [-0.39, 0.29) is 17.1 Å². The van der Waals surface area contributed by atoms with Gasteiger partial charge >= 0.3 is 0 Å². The maximum atomic E-state index is 13.1. The van der Waals surface area contributed by atoms with Gasteiger partial charge in [-0.1, -0.05) is 18.2 Å². The lowest BCUT2D eigenvalue weighted by Crippen LogP contribution is -2.27. The first-order chi connectivity index (χ1) is 11.7. The summed E-state index contributed by atoms with van der Waals surface area (Å²) in [6.45, 7) is 1.55. The van der Waals surface area contributed by atoms with Gasteiger partial charge in [-0.25, -0.2) is 4.39 Å². The van der Waals surface area contributed by atoms with Gasteiger partial charge in [0.1, 0.15) is 24.4 Å². The third-order valence-corrected chi connectivity index (χ3v) is 5.34. The highest BCUT2D eigenvalue weighted by Crippen LogP contribution is 2.42. The number of benzene rings is 2. The quantitative estimate of drug-likeness (QED) is 0.855. The van der Waals surface area contributed by atoms with Crippen molar-refractivity contribution in [3.8, 4) is 11.5 Å². The minimum absolute atomic E-state index is 0.0709. The van der Waals surface area contributed by atoms with Crippen LogP contribution in [0, 0.1) is 5.82 Å². The summed E-state index contributed by atoms with van der Waals surface area (Å²) < 4.78 is 24.3. The Bertz CT molecular complexity index is 765. The minimum Gasteiger partial charge on any atom is -0.486 e. The molecule has 0 saturated carbocycles. The predicted octanol–water partition coefficient (Wildman–Crippen LogP) is 3.37. The molecular weight excluding hydrogens is 329 g/mol. The van der Waals surface area contributed by atoms with Crippen LogP contribution in [0.3, 0.4) is 0 Å². The third kappa shape index (κ3) is 2.94. The molecule has 0 aliphatic carbocycles. The average Bonchev–Trinajstić information content (AvgIpc) is 2.97. The first-order valence-electron chi connectivity index (χ1n) is 7.76. The van der Waals surface area contributed by atoms with Crippen molar-refractivity contribution in [2.24, 2.45) is 0 Å². The molecule has 1 unspecified atom stereocenters. The van der Waals surface area contributed by atoms with Crippen molar-refractivity contribution < 1.29 is 18.7 Å². The summed E-state index contributed by atoms with van der Waals surface area (Å²) in [4.78, 5) is 14.1. The maximum Gasteiger partial charge on any atom is 0.234 e. The second-order valence-corrected chi connectivity index (χ2v) is 6.78. The molecule has 6 heteroatoms. The van der Waals surface area contributed by atoms with Gasteiger partial charge in [0.2, 0.25) is 5.91 Å². The fourth-order valence-electron chi connectivity index (χ4n) is 2.90. The summed E-state index contributed by atoms with van der Waals surface area (Å²) in [6, 6.07) is 12.1. The molecule has 4 nitrogen and oxygen atoms in total. The largest absolute Gasteiger partial charge is 0.486 e. The Hall–Kier alpha value is -2.21. The standard InChI is InChI=1S/C18H16FNO3S/c19-14-4-1-12(2-5-14)10-20-17(21)11-24-18(20)13-3-6-15-16(9-13)23-8-7-22-15/h1-6,9,18H,7-8,10-11H2.